The quantitative estimate of drug-likeness (QED) is 0.670. The van der Waals surface area contributed by atoms with E-state index in [1.54, 1.807) is 29.1 Å². The fraction of sp³-hybridized carbons (Fsp3) is 0.238. The van der Waals surface area contributed by atoms with E-state index in [-0.39, 0.29) is 17.8 Å². The van der Waals surface area contributed by atoms with Crippen LogP contribution >= 0.6 is 0 Å². The van der Waals surface area contributed by atoms with E-state index in [0.717, 1.165) is 16.8 Å². The van der Waals surface area contributed by atoms with Crippen LogP contribution in [0.15, 0.2) is 54.7 Å². The van der Waals surface area contributed by atoms with Crippen molar-refractivity contribution >= 4 is 5.97 Å². The second-order valence-corrected chi connectivity index (χ2v) is 6.37. The molecule has 5 nitrogen and oxygen atoms in total. The summed E-state index contributed by atoms with van der Waals surface area (Å²) < 4.78 is 19.9. The minimum atomic E-state index is -0.344. The summed E-state index contributed by atoms with van der Waals surface area (Å²) in [6.07, 6.45) is 1.80. The van der Waals surface area contributed by atoms with Crippen LogP contribution in [0.2, 0.25) is 0 Å². The molecule has 0 aliphatic rings. The zero-order chi connectivity index (χ0) is 19.4. The zero-order valence-corrected chi connectivity index (χ0v) is 15.6. The molecule has 0 radical (unpaired) electrons. The molecule has 1 atom stereocenters. The van der Waals surface area contributed by atoms with E-state index in [4.69, 9.17) is 4.74 Å². The summed E-state index contributed by atoms with van der Waals surface area (Å²) in [6.45, 7) is 4.67. The first-order valence-electron chi connectivity index (χ1n) is 8.70. The smallest absolute Gasteiger partial charge is 0.337 e. The van der Waals surface area contributed by atoms with E-state index >= 15 is 0 Å². The number of methoxy groups -OCH3 is 1. The van der Waals surface area contributed by atoms with Gasteiger partial charge in [-0.3, -0.25) is 0 Å². The topological polar surface area (TPSA) is 56.1 Å². The number of carbonyl (C=O) groups is 1. The van der Waals surface area contributed by atoms with E-state index in [1.165, 1.54) is 19.2 Å². The molecule has 0 saturated heterocycles. The van der Waals surface area contributed by atoms with Gasteiger partial charge in [-0.15, -0.1) is 0 Å². The number of hydrogen-bond donors (Lipinski definition) is 1. The van der Waals surface area contributed by atoms with Gasteiger partial charge in [0.1, 0.15) is 5.82 Å². The van der Waals surface area contributed by atoms with Crippen LogP contribution in [0.1, 0.15) is 40.1 Å². The van der Waals surface area contributed by atoms with E-state index < -0.39 is 0 Å². The van der Waals surface area contributed by atoms with Crippen LogP contribution in [0, 0.1) is 12.7 Å². The molecule has 3 aromatic rings. The Morgan fingerprint density at radius 2 is 2.00 bits per heavy atom. The highest BCUT2D eigenvalue weighted by Crippen LogP contribution is 2.21. The van der Waals surface area contributed by atoms with Crippen molar-refractivity contribution in [2.45, 2.75) is 26.4 Å². The third-order valence-corrected chi connectivity index (χ3v) is 4.55. The van der Waals surface area contributed by atoms with Gasteiger partial charge in [0.05, 0.1) is 24.6 Å². The molecule has 0 aliphatic heterocycles. The van der Waals surface area contributed by atoms with Crippen molar-refractivity contribution in [3.8, 4) is 5.69 Å². The maximum Gasteiger partial charge on any atom is 0.337 e. The van der Waals surface area contributed by atoms with Gasteiger partial charge in [0, 0.05) is 23.8 Å². The summed E-state index contributed by atoms with van der Waals surface area (Å²) in [4.78, 5) is 11.5. The van der Waals surface area contributed by atoms with Crippen LogP contribution in [0.25, 0.3) is 5.69 Å². The Bertz CT molecular complexity index is 935. The number of nitrogens with zero attached hydrogens (tertiary/aromatic N) is 2. The van der Waals surface area contributed by atoms with Gasteiger partial charge in [0.15, 0.2) is 0 Å². The largest absolute Gasteiger partial charge is 0.465 e. The van der Waals surface area contributed by atoms with E-state index in [2.05, 4.69) is 17.3 Å². The molecule has 0 amide bonds. The van der Waals surface area contributed by atoms with Gasteiger partial charge in [-0.1, -0.05) is 18.2 Å². The molecule has 140 valence electrons. The maximum absolute atomic E-state index is 13.5. The van der Waals surface area contributed by atoms with Gasteiger partial charge in [-0.2, -0.15) is 5.10 Å². The first kappa shape index (κ1) is 18.8. The summed E-state index contributed by atoms with van der Waals surface area (Å²) in [7, 11) is 1.37. The molecular formula is C21H22FN3O2. The molecule has 6 heteroatoms. The summed E-state index contributed by atoms with van der Waals surface area (Å²) in [5.41, 5.74) is 4.29. The number of carbonyl (C=O) groups excluding carboxylic acids is 1. The fourth-order valence-corrected chi connectivity index (χ4v) is 2.97. The van der Waals surface area contributed by atoms with Gasteiger partial charge in [-0.25, -0.2) is 13.9 Å². The SMILES string of the molecule is COC(=O)c1ccc(CN[C@H](C)c2cnn(-c3cccc(F)c3)c2C)cc1. The minimum Gasteiger partial charge on any atom is -0.465 e. The molecule has 0 bridgehead atoms. The number of hydrogen-bond acceptors (Lipinski definition) is 4. The van der Waals surface area contributed by atoms with Gasteiger partial charge < -0.3 is 10.1 Å². The Labute approximate surface area is 157 Å². The number of benzene rings is 2. The normalized spacial score (nSPS) is 12.0. The average molecular weight is 367 g/mol. The van der Waals surface area contributed by atoms with E-state index in [1.807, 2.05) is 25.1 Å². The zero-order valence-electron chi connectivity index (χ0n) is 15.6. The Balaban J connectivity index is 1.68. The van der Waals surface area contributed by atoms with E-state index in [9.17, 15) is 9.18 Å². The first-order chi connectivity index (χ1) is 13.0. The Morgan fingerprint density at radius 1 is 1.26 bits per heavy atom. The molecule has 1 N–H and O–H groups in total. The van der Waals surface area contributed by atoms with Crippen molar-refractivity contribution in [3.63, 3.8) is 0 Å². The Hall–Kier alpha value is -2.99. The maximum atomic E-state index is 13.5. The summed E-state index contributed by atoms with van der Waals surface area (Å²) in [5.74, 6) is -0.631. The first-order valence-corrected chi connectivity index (χ1v) is 8.70. The van der Waals surface area contributed by atoms with Gasteiger partial charge in [0.25, 0.3) is 0 Å². The van der Waals surface area contributed by atoms with Crippen LogP contribution in [-0.2, 0) is 11.3 Å². The number of ether oxygens (including phenoxy) is 1. The number of nitrogens with one attached hydrogen (secondary N) is 1. The van der Waals surface area contributed by atoms with Crippen LogP contribution < -0.4 is 5.32 Å². The minimum absolute atomic E-state index is 0.0626. The van der Waals surface area contributed by atoms with Gasteiger partial charge in [-0.05, 0) is 49.7 Å². The van der Waals surface area contributed by atoms with Crippen molar-refractivity contribution < 1.29 is 13.9 Å². The Kier molecular flexibility index (Phi) is 5.66. The fourth-order valence-electron chi connectivity index (χ4n) is 2.97. The second kappa shape index (κ2) is 8.14. The van der Waals surface area contributed by atoms with Crippen LogP contribution in [0.3, 0.4) is 0 Å². The predicted octanol–water partition coefficient (Wildman–Crippen LogP) is 3.96. The number of rotatable bonds is 6. The molecule has 0 saturated carbocycles. The van der Waals surface area contributed by atoms with Crippen LogP contribution in [-0.4, -0.2) is 22.9 Å². The standard InChI is InChI=1S/C21H22FN3O2/c1-14(23-12-16-7-9-17(10-8-16)21(26)27-3)20-13-24-25(15(20)2)19-6-4-5-18(22)11-19/h4-11,13-14,23H,12H2,1-3H3/t14-/m1/s1. The van der Waals surface area contributed by atoms with Crippen molar-refractivity contribution in [3.05, 3.63) is 82.9 Å². The highest BCUT2D eigenvalue weighted by molar-refractivity contribution is 5.89. The van der Waals surface area contributed by atoms with Gasteiger partial charge >= 0.3 is 5.97 Å². The molecule has 3 rings (SSSR count). The number of halogens is 1. The molecule has 0 aliphatic carbocycles. The highest BCUT2D eigenvalue weighted by atomic mass is 19.1. The van der Waals surface area contributed by atoms with Crippen molar-refractivity contribution in [1.29, 1.82) is 0 Å². The molecule has 0 fully saturated rings. The summed E-state index contributed by atoms with van der Waals surface area (Å²) in [5, 5.41) is 7.85. The number of esters is 1. The van der Waals surface area contributed by atoms with E-state index in [0.29, 0.717) is 17.8 Å². The van der Waals surface area contributed by atoms with Crippen LogP contribution in [0.4, 0.5) is 4.39 Å². The monoisotopic (exact) mass is 367 g/mol. The Morgan fingerprint density at radius 3 is 2.67 bits per heavy atom. The highest BCUT2D eigenvalue weighted by Gasteiger charge is 2.14. The molecular weight excluding hydrogens is 345 g/mol. The molecule has 0 spiro atoms. The molecule has 2 aromatic carbocycles. The lowest BCUT2D eigenvalue weighted by molar-refractivity contribution is 0.0600. The summed E-state index contributed by atoms with van der Waals surface area (Å²) in [6, 6.07) is 13.7. The predicted molar refractivity (Wildman–Crippen MR) is 101 cm³/mol. The third-order valence-electron chi connectivity index (χ3n) is 4.55. The molecule has 0 unspecified atom stereocenters. The lowest BCUT2D eigenvalue weighted by Crippen LogP contribution is -2.18. The van der Waals surface area contributed by atoms with Crippen molar-refractivity contribution in [2.24, 2.45) is 0 Å². The van der Waals surface area contributed by atoms with Crippen molar-refractivity contribution in [2.75, 3.05) is 7.11 Å². The lowest BCUT2D eigenvalue weighted by Gasteiger charge is -2.14. The molecule has 27 heavy (non-hydrogen) atoms. The second-order valence-electron chi connectivity index (χ2n) is 6.37. The molecule has 1 aromatic heterocycles. The lowest BCUT2D eigenvalue weighted by atomic mass is 10.1. The molecule has 1 heterocycles. The number of aromatic nitrogens is 2. The summed E-state index contributed by atoms with van der Waals surface area (Å²) >= 11 is 0. The van der Waals surface area contributed by atoms with Crippen LogP contribution in [0.5, 0.6) is 0 Å². The third kappa shape index (κ3) is 4.23. The van der Waals surface area contributed by atoms with Crippen molar-refractivity contribution in [1.82, 2.24) is 15.1 Å². The average Bonchev–Trinajstić information content (AvgIpc) is 3.07. The van der Waals surface area contributed by atoms with Gasteiger partial charge in [0.2, 0.25) is 0 Å².